The van der Waals surface area contributed by atoms with Gasteiger partial charge in [-0.25, -0.2) is 0 Å². The van der Waals surface area contributed by atoms with E-state index in [9.17, 15) is 0 Å². The lowest BCUT2D eigenvalue weighted by Gasteiger charge is -2.24. The molecule has 1 N–H and O–H groups in total. The minimum absolute atomic E-state index is 0.451. The Morgan fingerprint density at radius 3 is 2.80 bits per heavy atom. The predicted molar refractivity (Wildman–Crippen MR) is 86.2 cm³/mol. The van der Waals surface area contributed by atoms with Gasteiger partial charge in [-0.2, -0.15) is 0 Å². The minimum atomic E-state index is 0.451. The Balaban J connectivity index is 2.28. The first-order valence-corrected chi connectivity index (χ1v) is 7.78. The number of aliphatic imine (C=N–C) groups is 1. The van der Waals surface area contributed by atoms with Crippen LogP contribution in [0.15, 0.2) is 17.6 Å². The van der Waals surface area contributed by atoms with Crippen LogP contribution in [-0.4, -0.2) is 51.3 Å². The molecule has 0 amide bonds. The molecule has 1 saturated carbocycles. The fraction of sp³-hybridized carbons (Fsp3) is 0.812. The van der Waals surface area contributed by atoms with Crippen LogP contribution in [-0.2, 0) is 4.74 Å². The molecule has 0 aliphatic heterocycles. The Morgan fingerprint density at radius 2 is 2.25 bits per heavy atom. The van der Waals surface area contributed by atoms with Crippen molar-refractivity contribution in [3.8, 4) is 0 Å². The Kier molecular flexibility index (Phi) is 7.67. The van der Waals surface area contributed by atoms with E-state index in [1.807, 2.05) is 13.1 Å². The molecule has 1 rings (SSSR count). The number of hydrogen-bond acceptors (Lipinski definition) is 2. The van der Waals surface area contributed by atoms with E-state index in [0.29, 0.717) is 5.41 Å². The van der Waals surface area contributed by atoms with E-state index in [4.69, 9.17) is 4.74 Å². The van der Waals surface area contributed by atoms with E-state index in [1.54, 1.807) is 0 Å². The van der Waals surface area contributed by atoms with Crippen LogP contribution >= 0.6 is 0 Å². The van der Waals surface area contributed by atoms with Crippen LogP contribution in [0.5, 0.6) is 0 Å². The summed E-state index contributed by atoms with van der Waals surface area (Å²) < 4.78 is 5.48. The molecule has 0 aromatic carbocycles. The molecule has 116 valence electrons. The average molecular weight is 281 g/mol. The SMILES string of the molecule is C=CCCCN(C)C(=NC)NCC1(CCOCC)CC1. The molecule has 1 aliphatic rings. The fourth-order valence-electron chi connectivity index (χ4n) is 2.35. The smallest absolute Gasteiger partial charge is 0.193 e. The maximum absolute atomic E-state index is 5.48. The van der Waals surface area contributed by atoms with E-state index in [0.717, 1.165) is 51.5 Å². The van der Waals surface area contributed by atoms with Crippen LogP contribution in [0, 0.1) is 5.41 Å². The standard InChI is InChI=1S/C16H31N3O/c1-5-7-8-12-19(4)15(17-3)18-14-16(9-10-16)11-13-20-6-2/h5H,1,6-14H2,2-4H3,(H,17,18). The lowest BCUT2D eigenvalue weighted by atomic mass is 10.0. The molecule has 0 saturated heterocycles. The van der Waals surface area contributed by atoms with Gasteiger partial charge in [0.2, 0.25) is 0 Å². The van der Waals surface area contributed by atoms with Crippen LogP contribution in [0.3, 0.4) is 0 Å². The molecule has 4 nitrogen and oxygen atoms in total. The van der Waals surface area contributed by atoms with E-state index in [1.165, 1.54) is 12.8 Å². The lowest BCUT2D eigenvalue weighted by molar-refractivity contribution is 0.128. The normalized spacial score (nSPS) is 16.9. The van der Waals surface area contributed by atoms with Gasteiger partial charge in [-0.1, -0.05) is 6.08 Å². The highest BCUT2D eigenvalue weighted by Gasteiger charge is 2.42. The lowest BCUT2D eigenvalue weighted by Crippen LogP contribution is -2.42. The van der Waals surface area contributed by atoms with Gasteiger partial charge in [0.25, 0.3) is 0 Å². The van der Waals surface area contributed by atoms with Crippen LogP contribution < -0.4 is 5.32 Å². The number of nitrogens with zero attached hydrogens (tertiary/aromatic N) is 2. The average Bonchev–Trinajstić information content (AvgIpc) is 3.20. The van der Waals surface area contributed by atoms with Crippen LogP contribution in [0.4, 0.5) is 0 Å². The molecule has 1 aliphatic carbocycles. The van der Waals surface area contributed by atoms with E-state index < -0.39 is 0 Å². The maximum Gasteiger partial charge on any atom is 0.193 e. The van der Waals surface area contributed by atoms with E-state index >= 15 is 0 Å². The van der Waals surface area contributed by atoms with Crippen molar-refractivity contribution < 1.29 is 4.74 Å². The van der Waals surface area contributed by atoms with Gasteiger partial charge >= 0.3 is 0 Å². The quantitative estimate of drug-likeness (QED) is 0.289. The predicted octanol–water partition coefficient (Wildman–Crippen LogP) is 2.67. The summed E-state index contributed by atoms with van der Waals surface area (Å²) in [5.41, 5.74) is 0.451. The van der Waals surface area contributed by atoms with Crippen molar-refractivity contribution >= 4 is 5.96 Å². The summed E-state index contributed by atoms with van der Waals surface area (Å²) in [6.07, 6.45) is 7.92. The van der Waals surface area contributed by atoms with Crippen LogP contribution in [0.1, 0.15) is 39.0 Å². The Morgan fingerprint density at radius 1 is 1.50 bits per heavy atom. The first-order chi connectivity index (χ1) is 9.67. The van der Waals surface area contributed by atoms with Gasteiger partial charge in [-0.05, 0) is 44.4 Å². The molecule has 0 unspecified atom stereocenters. The maximum atomic E-state index is 5.48. The first-order valence-electron chi connectivity index (χ1n) is 7.78. The van der Waals surface area contributed by atoms with Gasteiger partial charge in [-0.3, -0.25) is 4.99 Å². The molecule has 0 bridgehead atoms. The van der Waals surface area contributed by atoms with Crippen LogP contribution in [0.2, 0.25) is 0 Å². The van der Waals surface area contributed by atoms with Gasteiger partial charge in [0.1, 0.15) is 0 Å². The molecular formula is C16H31N3O. The minimum Gasteiger partial charge on any atom is -0.382 e. The van der Waals surface area contributed by atoms with Gasteiger partial charge < -0.3 is 15.0 Å². The molecule has 1 fully saturated rings. The van der Waals surface area contributed by atoms with Crippen molar-refractivity contribution in [3.05, 3.63) is 12.7 Å². The van der Waals surface area contributed by atoms with Crippen molar-refractivity contribution in [1.82, 2.24) is 10.2 Å². The highest BCUT2D eigenvalue weighted by Crippen LogP contribution is 2.48. The van der Waals surface area contributed by atoms with Crippen molar-refractivity contribution in [2.45, 2.75) is 39.0 Å². The zero-order chi connectivity index (χ0) is 14.8. The van der Waals surface area contributed by atoms with Gasteiger partial charge in [0.05, 0.1) is 0 Å². The molecular weight excluding hydrogens is 250 g/mol. The molecule has 0 heterocycles. The summed E-state index contributed by atoms with van der Waals surface area (Å²) in [7, 11) is 3.95. The van der Waals surface area contributed by atoms with Crippen LogP contribution in [0.25, 0.3) is 0 Å². The second kappa shape index (κ2) is 9.01. The Bertz CT molecular complexity index is 311. The summed E-state index contributed by atoms with van der Waals surface area (Å²) in [6.45, 7) is 9.53. The third-order valence-corrected chi connectivity index (χ3v) is 4.03. The highest BCUT2D eigenvalue weighted by molar-refractivity contribution is 5.79. The summed E-state index contributed by atoms with van der Waals surface area (Å²) in [4.78, 5) is 6.56. The summed E-state index contributed by atoms with van der Waals surface area (Å²) >= 11 is 0. The zero-order valence-electron chi connectivity index (χ0n) is 13.5. The Hall–Kier alpha value is -1.03. The van der Waals surface area contributed by atoms with Crippen molar-refractivity contribution in [2.24, 2.45) is 10.4 Å². The first kappa shape index (κ1) is 17.0. The molecule has 20 heavy (non-hydrogen) atoms. The second-order valence-corrected chi connectivity index (χ2v) is 5.70. The van der Waals surface area contributed by atoms with Gasteiger partial charge in [0, 0.05) is 40.4 Å². The number of rotatable bonds is 10. The van der Waals surface area contributed by atoms with E-state index in [-0.39, 0.29) is 0 Å². The third kappa shape index (κ3) is 5.95. The highest BCUT2D eigenvalue weighted by atomic mass is 16.5. The third-order valence-electron chi connectivity index (χ3n) is 4.03. The zero-order valence-corrected chi connectivity index (χ0v) is 13.5. The Labute approximate surface area is 124 Å². The second-order valence-electron chi connectivity index (χ2n) is 5.70. The fourth-order valence-corrected chi connectivity index (χ4v) is 2.35. The molecule has 0 aromatic rings. The number of nitrogens with one attached hydrogen (secondary N) is 1. The molecule has 0 aromatic heterocycles. The summed E-state index contributed by atoms with van der Waals surface area (Å²) in [5.74, 6) is 0.997. The summed E-state index contributed by atoms with van der Waals surface area (Å²) in [5, 5.41) is 3.52. The number of allylic oxidation sites excluding steroid dienone is 1. The molecule has 0 spiro atoms. The largest absolute Gasteiger partial charge is 0.382 e. The number of ether oxygens (including phenoxy) is 1. The molecule has 0 radical (unpaired) electrons. The van der Waals surface area contributed by atoms with Crippen molar-refractivity contribution in [2.75, 3.05) is 40.4 Å². The van der Waals surface area contributed by atoms with Crippen molar-refractivity contribution in [1.29, 1.82) is 0 Å². The van der Waals surface area contributed by atoms with Gasteiger partial charge in [0.15, 0.2) is 5.96 Å². The van der Waals surface area contributed by atoms with Crippen molar-refractivity contribution in [3.63, 3.8) is 0 Å². The number of unbranched alkanes of at least 4 members (excludes halogenated alkanes) is 1. The molecule has 4 heteroatoms. The molecule has 0 atom stereocenters. The topological polar surface area (TPSA) is 36.9 Å². The number of hydrogen-bond donors (Lipinski definition) is 1. The van der Waals surface area contributed by atoms with Gasteiger partial charge in [-0.15, -0.1) is 6.58 Å². The monoisotopic (exact) mass is 281 g/mol. The summed E-state index contributed by atoms with van der Waals surface area (Å²) in [6, 6.07) is 0. The number of guanidine groups is 1. The van der Waals surface area contributed by atoms with E-state index in [2.05, 4.69) is 35.8 Å².